The van der Waals surface area contributed by atoms with Gasteiger partial charge in [-0.15, -0.1) is 0 Å². The molecule has 3 nitrogen and oxygen atoms in total. The summed E-state index contributed by atoms with van der Waals surface area (Å²) in [6.07, 6.45) is 0. The van der Waals surface area contributed by atoms with Crippen LogP contribution < -0.4 is 4.74 Å². The van der Waals surface area contributed by atoms with Crippen molar-refractivity contribution in [3.8, 4) is 11.9 Å². The molecule has 0 spiro atoms. The Labute approximate surface area is 111 Å². The summed E-state index contributed by atoms with van der Waals surface area (Å²) < 4.78 is 5.56. The monoisotopic (exact) mass is 258 g/mol. The lowest BCUT2D eigenvalue weighted by molar-refractivity contribution is 0.292. The molecule has 90 valence electrons. The van der Waals surface area contributed by atoms with Crippen molar-refractivity contribution in [2.24, 2.45) is 0 Å². The van der Waals surface area contributed by atoms with Crippen molar-refractivity contribution in [1.82, 2.24) is 4.98 Å². The maximum Gasteiger partial charge on any atom is 0.233 e. The molecule has 0 unspecified atom stereocenters. The van der Waals surface area contributed by atoms with Crippen LogP contribution in [0.5, 0.6) is 5.88 Å². The molecule has 0 aliphatic carbocycles. The summed E-state index contributed by atoms with van der Waals surface area (Å²) in [5.41, 5.74) is 2.01. The fraction of sp³-hybridized carbons (Fsp3) is 0.143. The standard InChI is InChI=1S/C14H11ClN2O/c1-10-7-13(15)12(8-16)14(17-10)18-9-11-5-3-2-4-6-11/h2-7H,9H2,1H3. The Morgan fingerprint density at radius 1 is 1.33 bits per heavy atom. The first-order chi connectivity index (χ1) is 8.70. The van der Waals surface area contributed by atoms with Crippen LogP contribution in [0.15, 0.2) is 36.4 Å². The van der Waals surface area contributed by atoms with Crippen LogP contribution in [0.1, 0.15) is 16.8 Å². The van der Waals surface area contributed by atoms with E-state index in [0.29, 0.717) is 11.6 Å². The van der Waals surface area contributed by atoms with E-state index < -0.39 is 0 Å². The van der Waals surface area contributed by atoms with Gasteiger partial charge in [-0.3, -0.25) is 0 Å². The first-order valence-corrected chi connectivity index (χ1v) is 5.82. The van der Waals surface area contributed by atoms with Crippen LogP contribution >= 0.6 is 11.6 Å². The van der Waals surface area contributed by atoms with Gasteiger partial charge in [0, 0.05) is 5.69 Å². The molecule has 0 aliphatic rings. The second-order valence-electron chi connectivity index (χ2n) is 3.81. The van der Waals surface area contributed by atoms with E-state index in [1.54, 1.807) is 6.07 Å². The van der Waals surface area contributed by atoms with Crippen molar-refractivity contribution in [2.75, 3.05) is 0 Å². The number of aromatic nitrogens is 1. The third-order valence-electron chi connectivity index (χ3n) is 2.40. The summed E-state index contributed by atoms with van der Waals surface area (Å²) in [5.74, 6) is 0.284. The number of pyridine rings is 1. The number of benzene rings is 1. The number of halogens is 1. The van der Waals surface area contributed by atoms with Gasteiger partial charge >= 0.3 is 0 Å². The Hall–Kier alpha value is -2.05. The fourth-order valence-corrected chi connectivity index (χ4v) is 1.82. The summed E-state index contributed by atoms with van der Waals surface area (Å²) in [6.45, 7) is 2.17. The minimum atomic E-state index is 0.276. The summed E-state index contributed by atoms with van der Waals surface area (Å²) >= 11 is 5.97. The van der Waals surface area contributed by atoms with Gasteiger partial charge in [0.15, 0.2) is 0 Å². The Morgan fingerprint density at radius 2 is 2.06 bits per heavy atom. The van der Waals surface area contributed by atoms with Gasteiger partial charge in [0.2, 0.25) is 5.88 Å². The quantitative estimate of drug-likeness (QED) is 0.847. The van der Waals surface area contributed by atoms with Crippen LogP contribution in [0.3, 0.4) is 0 Å². The van der Waals surface area contributed by atoms with Crippen molar-refractivity contribution in [2.45, 2.75) is 13.5 Å². The molecule has 2 rings (SSSR count). The first-order valence-electron chi connectivity index (χ1n) is 5.44. The van der Waals surface area contributed by atoms with E-state index in [-0.39, 0.29) is 11.4 Å². The van der Waals surface area contributed by atoms with E-state index in [1.165, 1.54) is 0 Å². The normalized spacial score (nSPS) is 9.83. The lowest BCUT2D eigenvalue weighted by Crippen LogP contribution is -2.01. The molecule has 0 atom stereocenters. The molecule has 4 heteroatoms. The summed E-state index contributed by atoms with van der Waals surface area (Å²) in [7, 11) is 0. The molecular weight excluding hydrogens is 248 g/mol. The van der Waals surface area contributed by atoms with Gasteiger partial charge in [0.1, 0.15) is 18.2 Å². The zero-order valence-corrected chi connectivity index (χ0v) is 10.6. The smallest absolute Gasteiger partial charge is 0.233 e. The lowest BCUT2D eigenvalue weighted by atomic mass is 10.2. The van der Waals surface area contributed by atoms with Crippen LogP contribution in [-0.2, 0) is 6.61 Å². The molecule has 0 aliphatic heterocycles. The lowest BCUT2D eigenvalue weighted by Gasteiger charge is -2.08. The van der Waals surface area contributed by atoms with E-state index >= 15 is 0 Å². The van der Waals surface area contributed by atoms with Crippen LogP contribution in [0.4, 0.5) is 0 Å². The highest BCUT2D eigenvalue weighted by atomic mass is 35.5. The molecular formula is C14H11ClN2O. The molecule has 0 radical (unpaired) electrons. The van der Waals surface area contributed by atoms with E-state index in [0.717, 1.165) is 11.3 Å². The minimum absolute atomic E-state index is 0.276. The van der Waals surface area contributed by atoms with E-state index in [9.17, 15) is 0 Å². The van der Waals surface area contributed by atoms with Gasteiger partial charge in [0.05, 0.1) is 5.02 Å². The maximum atomic E-state index is 9.03. The number of nitrogens with zero attached hydrogens (tertiary/aromatic N) is 2. The van der Waals surface area contributed by atoms with Crippen molar-refractivity contribution in [3.63, 3.8) is 0 Å². The average molecular weight is 259 g/mol. The molecule has 1 heterocycles. The zero-order chi connectivity index (χ0) is 13.0. The highest BCUT2D eigenvalue weighted by molar-refractivity contribution is 6.31. The van der Waals surface area contributed by atoms with Crippen LogP contribution in [-0.4, -0.2) is 4.98 Å². The predicted molar refractivity (Wildman–Crippen MR) is 69.5 cm³/mol. The molecule has 0 saturated carbocycles. The Morgan fingerprint density at radius 3 is 2.72 bits per heavy atom. The van der Waals surface area contributed by atoms with Crippen molar-refractivity contribution in [1.29, 1.82) is 5.26 Å². The number of ether oxygens (including phenoxy) is 1. The molecule has 0 fully saturated rings. The van der Waals surface area contributed by atoms with Crippen LogP contribution in [0.25, 0.3) is 0 Å². The van der Waals surface area contributed by atoms with Crippen molar-refractivity contribution >= 4 is 11.6 Å². The molecule has 1 aromatic carbocycles. The van der Waals surface area contributed by atoms with Gasteiger partial charge in [-0.05, 0) is 18.6 Å². The Balaban J connectivity index is 2.22. The molecule has 0 N–H and O–H groups in total. The number of hydrogen-bond acceptors (Lipinski definition) is 3. The van der Waals surface area contributed by atoms with Crippen molar-refractivity contribution in [3.05, 3.63) is 58.2 Å². The molecule has 18 heavy (non-hydrogen) atoms. The topological polar surface area (TPSA) is 45.9 Å². The van der Waals surface area contributed by atoms with Gasteiger partial charge < -0.3 is 4.74 Å². The Kier molecular flexibility index (Phi) is 3.81. The van der Waals surface area contributed by atoms with E-state index in [1.807, 2.05) is 43.3 Å². The first kappa shape index (κ1) is 12.4. The highest BCUT2D eigenvalue weighted by Gasteiger charge is 2.11. The second-order valence-corrected chi connectivity index (χ2v) is 4.22. The van der Waals surface area contributed by atoms with E-state index in [4.69, 9.17) is 21.6 Å². The molecule has 0 amide bonds. The molecule has 0 saturated heterocycles. The summed E-state index contributed by atoms with van der Waals surface area (Å²) in [5, 5.41) is 9.40. The number of hydrogen-bond donors (Lipinski definition) is 0. The number of aryl methyl sites for hydroxylation is 1. The molecule has 0 bridgehead atoms. The van der Waals surface area contributed by atoms with Crippen LogP contribution in [0, 0.1) is 18.3 Å². The summed E-state index contributed by atoms with van der Waals surface area (Å²) in [6, 6.07) is 13.4. The Bertz CT molecular complexity index is 591. The SMILES string of the molecule is Cc1cc(Cl)c(C#N)c(OCc2ccccc2)n1. The van der Waals surface area contributed by atoms with Gasteiger partial charge in [0.25, 0.3) is 0 Å². The fourth-order valence-electron chi connectivity index (χ4n) is 1.54. The average Bonchev–Trinajstić information content (AvgIpc) is 2.37. The van der Waals surface area contributed by atoms with Crippen molar-refractivity contribution < 1.29 is 4.74 Å². The summed E-state index contributed by atoms with van der Waals surface area (Å²) in [4.78, 5) is 4.19. The van der Waals surface area contributed by atoms with Gasteiger partial charge in [-0.25, -0.2) is 4.98 Å². The van der Waals surface area contributed by atoms with E-state index in [2.05, 4.69) is 4.98 Å². The maximum absolute atomic E-state index is 9.03. The minimum Gasteiger partial charge on any atom is -0.472 e. The largest absolute Gasteiger partial charge is 0.472 e. The van der Waals surface area contributed by atoms with Crippen LogP contribution in [0.2, 0.25) is 5.02 Å². The zero-order valence-electron chi connectivity index (χ0n) is 9.85. The number of nitriles is 1. The molecule has 1 aromatic heterocycles. The highest BCUT2D eigenvalue weighted by Crippen LogP contribution is 2.25. The molecule has 2 aromatic rings. The third-order valence-corrected chi connectivity index (χ3v) is 2.69. The van der Waals surface area contributed by atoms with Gasteiger partial charge in [-0.2, -0.15) is 5.26 Å². The second kappa shape index (κ2) is 5.52. The number of rotatable bonds is 3. The predicted octanol–water partition coefficient (Wildman–Crippen LogP) is 3.49. The third kappa shape index (κ3) is 2.79. The van der Waals surface area contributed by atoms with Gasteiger partial charge in [-0.1, -0.05) is 41.9 Å².